The minimum Gasteiger partial charge on any atom is -0.486 e. The average molecular weight is 432 g/mol. The standard InChI is InChI=1S/C15H9Br2ClO3/c16-9-3-8(4-10(18)5-9)15(19)11-6-13-14(7-12(11)17)21-2-1-20-13/h3-7H,1-2H2. The summed E-state index contributed by atoms with van der Waals surface area (Å²) in [5.41, 5.74) is 1.01. The van der Waals surface area contributed by atoms with Crippen LogP contribution in [0.15, 0.2) is 39.3 Å². The molecule has 0 aliphatic carbocycles. The van der Waals surface area contributed by atoms with Gasteiger partial charge in [-0.1, -0.05) is 27.5 Å². The number of fused-ring (bicyclic) bond motifs is 1. The second-order valence-electron chi connectivity index (χ2n) is 4.46. The molecule has 2 aromatic carbocycles. The van der Waals surface area contributed by atoms with Gasteiger partial charge in [0.15, 0.2) is 17.3 Å². The van der Waals surface area contributed by atoms with Crippen LogP contribution < -0.4 is 9.47 Å². The van der Waals surface area contributed by atoms with Crippen LogP contribution in [0.5, 0.6) is 11.5 Å². The number of hydrogen-bond donors (Lipinski definition) is 0. The maximum absolute atomic E-state index is 12.7. The second kappa shape index (κ2) is 5.99. The van der Waals surface area contributed by atoms with Crippen LogP contribution in [0.4, 0.5) is 0 Å². The molecular formula is C15H9Br2ClO3. The van der Waals surface area contributed by atoms with E-state index in [1.165, 1.54) is 0 Å². The third-order valence-corrected chi connectivity index (χ3v) is 4.33. The van der Waals surface area contributed by atoms with Gasteiger partial charge >= 0.3 is 0 Å². The molecule has 0 atom stereocenters. The van der Waals surface area contributed by atoms with Gasteiger partial charge in [0.1, 0.15) is 13.2 Å². The summed E-state index contributed by atoms with van der Waals surface area (Å²) in [6.45, 7) is 0.985. The molecule has 1 heterocycles. The summed E-state index contributed by atoms with van der Waals surface area (Å²) in [6, 6.07) is 8.55. The van der Waals surface area contributed by atoms with Crippen LogP contribution in [-0.4, -0.2) is 19.0 Å². The first-order valence-corrected chi connectivity index (χ1v) is 8.11. The van der Waals surface area contributed by atoms with E-state index in [2.05, 4.69) is 31.9 Å². The zero-order valence-electron chi connectivity index (χ0n) is 10.7. The molecular weight excluding hydrogens is 423 g/mol. The molecule has 0 unspecified atom stereocenters. The molecule has 0 fully saturated rings. The topological polar surface area (TPSA) is 35.5 Å². The number of carbonyl (C=O) groups excluding carboxylic acids is 1. The van der Waals surface area contributed by atoms with Crippen molar-refractivity contribution in [2.75, 3.05) is 13.2 Å². The molecule has 1 aliphatic rings. The summed E-state index contributed by atoms with van der Waals surface area (Å²) in [5, 5.41) is 0.501. The molecule has 108 valence electrons. The van der Waals surface area contributed by atoms with Gasteiger partial charge in [-0.25, -0.2) is 0 Å². The normalized spacial score (nSPS) is 13.1. The summed E-state index contributed by atoms with van der Waals surface area (Å²) in [6.07, 6.45) is 0. The van der Waals surface area contributed by atoms with E-state index in [9.17, 15) is 4.79 Å². The molecule has 0 bridgehead atoms. The molecule has 1 aliphatic heterocycles. The van der Waals surface area contributed by atoms with Crippen LogP contribution in [0.3, 0.4) is 0 Å². The van der Waals surface area contributed by atoms with Crippen molar-refractivity contribution >= 4 is 49.2 Å². The maximum Gasteiger partial charge on any atom is 0.194 e. The lowest BCUT2D eigenvalue weighted by Gasteiger charge is -2.19. The number of rotatable bonds is 2. The van der Waals surface area contributed by atoms with Crippen LogP contribution in [0.2, 0.25) is 5.02 Å². The first-order chi connectivity index (χ1) is 10.0. The Labute approximate surface area is 143 Å². The quantitative estimate of drug-likeness (QED) is 0.636. The Morgan fingerprint density at radius 3 is 2.33 bits per heavy atom. The zero-order valence-corrected chi connectivity index (χ0v) is 14.6. The Balaban J connectivity index is 2.05. The molecule has 3 rings (SSSR count). The van der Waals surface area contributed by atoms with Gasteiger partial charge in [-0.05, 0) is 46.3 Å². The van der Waals surface area contributed by atoms with Gasteiger partial charge in [-0.15, -0.1) is 0 Å². The molecule has 0 N–H and O–H groups in total. The van der Waals surface area contributed by atoms with Crippen molar-refractivity contribution in [2.45, 2.75) is 0 Å². The van der Waals surface area contributed by atoms with E-state index in [0.717, 1.165) is 4.47 Å². The van der Waals surface area contributed by atoms with Crippen molar-refractivity contribution in [3.05, 3.63) is 55.4 Å². The van der Waals surface area contributed by atoms with Crippen LogP contribution in [0.25, 0.3) is 0 Å². The van der Waals surface area contributed by atoms with E-state index >= 15 is 0 Å². The van der Waals surface area contributed by atoms with Crippen LogP contribution in [0.1, 0.15) is 15.9 Å². The summed E-state index contributed by atoms with van der Waals surface area (Å²) in [4.78, 5) is 12.7. The Kier molecular flexibility index (Phi) is 4.24. The minimum atomic E-state index is -0.137. The maximum atomic E-state index is 12.7. The van der Waals surface area contributed by atoms with E-state index in [1.807, 2.05) is 0 Å². The molecule has 0 spiro atoms. The van der Waals surface area contributed by atoms with E-state index < -0.39 is 0 Å². The number of ether oxygens (including phenoxy) is 2. The number of benzene rings is 2. The Morgan fingerprint density at radius 1 is 1.00 bits per heavy atom. The molecule has 3 nitrogen and oxygen atoms in total. The fourth-order valence-electron chi connectivity index (χ4n) is 2.08. The van der Waals surface area contributed by atoms with Crippen LogP contribution >= 0.6 is 43.5 Å². The summed E-state index contributed by atoms with van der Waals surface area (Å²) in [5.74, 6) is 1.08. The van der Waals surface area contributed by atoms with Crippen LogP contribution in [0, 0.1) is 0 Å². The second-order valence-corrected chi connectivity index (χ2v) is 6.67. The predicted molar refractivity (Wildman–Crippen MR) is 87.7 cm³/mol. The fourth-order valence-corrected chi connectivity index (χ4v) is 3.44. The van der Waals surface area contributed by atoms with Crippen molar-refractivity contribution in [2.24, 2.45) is 0 Å². The highest BCUT2D eigenvalue weighted by Crippen LogP contribution is 2.36. The monoisotopic (exact) mass is 430 g/mol. The van der Waals surface area contributed by atoms with Crippen molar-refractivity contribution in [1.82, 2.24) is 0 Å². The third-order valence-electron chi connectivity index (χ3n) is 3.00. The van der Waals surface area contributed by atoms with E-state index in [0.29, 0.717) is 45.3 Å². The Morgan fingerprint density at radius 2 is 1.67 bits per heavy atom. The van der Waals surface area contributed by atoms with E-state index in [-0.39, 0.29) is 5.78 Å². The number of hydrogen-bond acceptors (Lipinski definition) is 3. The van der Waals surface area contributed by atoms with E-state index in [1.54, 1.807) is 30.3 Å². The van der Waals surface area contributed by atoms with Crippen molar-refractivity contribution in [3.63, 3.8) is 0 Å². The lowest BCUT2D eigenvalue weighted by molar-refractivity contribution is 0.103. The first-order valence-electron chi connectivity index (χ1n) is 6.14. The first kappa shape index (κ1) is 14.9. The van der Waals surface area contributed by atoms with Gasteiger partial charge < -0.3 is 9.47 Å². The van der Waals surface area contributed by atoms with Gasteiger partial charge in [-0.3, -0.25) is 4.79 Å². The largest absolute Gasteiger partial charge is 0.486 e. The predicted octanol–water partition coefficient (Wildman–Crippen LogP) is 4.87. The lowest BCUT2D eigenvalue weighted by Crippen LogP contribution is -2.16. The molecule has 0 amide bonds. The molecule has 0 saturated carbocycles. The highest BCUT2D eigenvalue weighted by molar-refractivity contribution is 9.10. The molecule has 2 aromatic rings. The number of halogens is 3. The highest BCUT2D eigenvalue weighted by Gasteiger charge is 2.20. The Hall–Kier alpha value is -1.04. The SMILES string of the molecule is O=C(c1cc(Cl)cc(Br)c1)c1cc2c(cc1Br)OCCO2. The van der Waals surface area contributed by atoms with Gasteiger partial charge in [-0.2, -0.15) is 0 Å². The van der Waals surface area contributed by atoms with Crippen molar-refractivity contribution in [1.29, 1.82) is 0 Å². The number of ketones is 1. The zero-order chi connectivity index (χ0) is 15.0. The third kappa shape index (κ3) is 3.10. The van der Waals surface area contributed by atoms with Crippen molar-refractivity contribution in [3.8, 4) is 11.5 Å². The highest BCUT2D eigenvalue weighted by atomic mass is 79.9. The van der Waals surface area contributed by atoms with Gasteiger partial charge in [0.25, 0.3) is 0 Å². The molecule has 0 aromatic heterocycles. The van der Waals surface area contributed by atoms with Crippen LogP contribution in [-0.2, 0) is 0 Å². The summed E-state index contributed by atoms with van der Waals surface area (Å²) < 4.78 is 12.4. The summed E-state index contributed by atoms with van der Waals surface area (Å²) >= 11 is 12.7. The van der Waals surface area contributed by atoms with Gasteiger partial charge in [0, 0.05) is 25.1 Å². The molecule has 0 radical (unpaired) electrons. The summed E-state index contributed by atoms with van der Waals surface area (Å²) in [7, 11) is 0. The molecule has 21 heavy (non-hydrogen) atoms. The Bertz CT molecular complexity index is 711. The van der Waals surface area contributed by atoms with Gasteiger partial charge in [0.05, 0.1) is 0 Å². The minimum absolute atomic E-state index is 0.137. The van der Waals surface area contributed by atoms with Gasteiger partial charge in [0.2, 0.25) is 0 Å². The molecule has 0 saturated heterocycles. The lowest BCUT2D eigenvalue weighted by atomic mass is 10.0. The fraction of sp³-hybridized carbons (Fsp3) is 0.133. The number of carbonyl (C=O) groups is 1. The average Bonchev–Trinajstić information content (AvgIpc) is 2.44. The van der Waals surface area contributed by atoms with E-state index in [4.69, 9.17) is 21.1 Å². The smallest absolute Gasteiger partial charge is 0.194 e. The molecule has 6 heteroatoms. The van der Waals surface area contributed by atoms with Crippen molar-refractivity contribution < 1.29 is 14.3 Å².